The fourth-order valence-electron chi connectivity index (χ4n) is 1.36. The van der Waals surface area contributed by atoms with Crippen molar-refractivity contribution in [2.24, 2.45) is 0 Å². The lowest BCUT2D eigenvalue weighted by Gasteiger charge is -1.95. The number of nitrogens with one attached hydrogen (secondary N) is 1. The highest BCUT2D eigenvalue weighted by molar-refractivity contribution is 6.36. The van der Waals surface area contributed by atoms with Crippen LogP contribution < -0.4 is 0 Å². The number of carbonyl (C=O) groups is 2. The molecule has 1 heterocycles. The van der Waals surface area contributed by atoms with Gasteiger partial charge in [-0.05, 0) is 12.1 Å². The van der Waals surface area contributed by atoms with Crippen molar-refractivity contribution < 1.29 is 9.59 Å². The van der Waals surface area contributed by atoms with Crippen molar-refractivity contribution in [2.45, 2.75) is 0 Å². The zero-order valence-corrected chi connectivity index (χ0v) is 6.78. The van der Waals surface area contributed by atoms with Gasteiger partial charge >= 0.3 is 0 Å². The molecule has 0 aliphatic rings. The first-order valence-corrected chi connectivity index (χ1v) is 3.88. The van der Waals surface area contributed by atoms with Gasteiger partial charge in [-0.3, -0.25) is 9.59 Å². The van der Waals surface area contributed by atoms with Crippen molar-refractivity contribution in [3.05, 3.63) is 36.0 Å². The minimum Gasteiger partial charge on any atom is -0.361 e. The van der Waals surface area contributed by atoms with Crippen molar-refractivity contribution >= 4 is 23.0 Å². The fourth-order valence-corrected chi connectivity index (χ4v) is 1.36. The summed E-state index contributed by atoms with van der Waals surface area (Å²) >= 11 is 0. The van der Waals surface area contributed by atoms with Crippen LogP contribution in [0, 0.1) is 0 Å². The highest BCUT2D eigenvalue weighted by atomic mass is 16.2. The number of hydrogen-bond donors (Lipinski definition) is 1. The molecule has 0 spiro atoms. The maximum atomic E-state index is 11.1. The molecule has 0 saturated carbocycles. The summed E-state index contributed by atoms with van der Waals surface area (Å²) in [5.74, 6) is -0.481. The fraction of sp³-hybridized carbons (Fsp3) is 0. The van der Waals surface area contributed by atoms with Gasteiger partial charge in [-0.1, -0.05) is 12.1 Å². The summed E-state index contributed by atoms with van der Waals surface area (Å²) in [4.78, 5) is 24.4. The van der Waals surface area contributed by atoms with Gasteiger partial charge in [0.1, 0.15) is 0 Å². The number of rotatable bonds is 2. The van der Waals surface area contributed by atoms with Crippen molar-refractivity contribution in [1.29, 1.82) is 0 Å². The van der Waals surface area contributed by atoms with Gasteiger partial charge in [0.15, 0.2) is 6.29 Å². The lowest BCUT2D eigenvalue weighted by Crippen LogP contribution is -1.99. The first kappa shape index (κ1) is 7.73. The monoisotopic (exact) mass is 173 g/mol. The molecule has 0 saturated heterocycles. The van der Waals surface area contributed by atoms with Crippen LogP contribution in [0.1, 0.15) is 10.4 Å². The molecule has 64 valence electrons. The average molecular weight is 173 g/mol. The van der Waals surface area contributed by atoms with Crippen molar-refractivity contribution in [3.63, 3.8) is 0 Å². The second kappa shape index (κ2) is 2.86. The van der Waals surface area contributed by atoms with Gasteiger partial charge in [0.05, 0.1) is 0 Å². The van der Waals surface area contributed by atoms with E-state index in [4.69, 9.17) is 0 Å². The summed E-state index contributed by atoms with van der Waals surface area (Å²) in [5.41, 5.74) is 1.32. The normalized spacial score (nSPS) is 10.2. The molecule has 0 unspecified atom stereocenters. The number of Topliss-reactive ketones (excluding diaryl/α,β-unsaturated/α-hetero) is 1. The van der Waals surface area contributed by atoms with E-state index in [1.54, 1.807) is 24.4 Å². The molecular formula is C10H7NO2. The number of carbonyl (C=O) groups excluding carboxylic acids is 2. The van der Waals surface area contributed by atoms with Crippen LogP contribution in [0.4, 0.5) is 0 Å². The second-order valence-electron chi connectivity index (χ2n) is 2.73. The van der Waals surface area contributed by atoms with E-state index in [0.717, 1.165) is 10.9 Å². The van der Waals surface area contributed by atoms with E-state index in [2.05, 4.69) is 4.98 Å². The summed E-state index contributed by atoms with van der Waals surface area (Å²) in [6.45, 7) is 0. The van der Waals surface area contributed by atoms with E-state index in [9.17, 15) is 9.59 Å². The highest BCUT2D eigenvalue weighted by Gasteiger charge is 2.08. The Morgan fingerprint density at radius 1 is 1.31 bits per heavy atom. The van der Waals surface area contributed by atoms with Crippen LogP contribution in [0.25, 0.3) is 10.9 Å². The maximum Gasteiger partial charge on any atom is 0.226 e. The summed E-state index contributed by atoms with van der Waals surface area (Å²) < 4.78 is 0. The topological polar surface area (TPSA) is 49.9 Å². The van der Waals surface area contributed by atoms with Crippen molar-refractivity contribution in [2.75, 3.05) is 0 Å². The number of ketones is 1. The molecule has 0 bridgehead atoms. The first-order valence-electron chi connectivity index (χ1n) is 3.88. The predicted octanol–water partition coefficient (Wildman–Crippen LogP) is 1.55. The van der Waals surface area contributed by atoms with Gasteiger partial charge in [0, 0.05) is 22.7 Å². The van der Waals surface area contributed by atoms with Crippen LogP contribution in [0.5, 0.6) is 0 Å². The zero-order chi connectivity index (χ0) is 9.26. The van der Waals surface area contributed by atoms with E-state index in [-0.39, 0.29) is 0 Å². The number of fused-ring (bicyclic) bond motifs is 1. The molecule has 0 aliphatic heterocycles. The number of aromatic nitrogens is 1. The summed E-state index contributed by atoms with van der Waals surface area (Å²) in [7, 11) is 0. The van der Waals surface area contributed by atoms with Gasteiger partial charge in [0.2, 0.25) is 5.78 Å². The van der Waals surface area contributed by atoms with Gasteiger partial charge in [-0.15, -0.1) is 0 Å². The van der Waals surface area contributed by atoms with E-state index in [0.29, 0.717) is 11.8 Å². The van der Waals surface area contributed by atoms with Gasteiger partial charge in [-0.2, -0.15) is 0 Å². The number of aromatic amines is 1. The highest BCUT2D eigenvalue weighted by Crippen LogP contribution is 2.16. The smallest absolute Gasteiger partial charge is 0.226 e. The van der Waals surface area contributed by atoms with E-state index in [1.165, 1.54) is 0 Å². The maximum absolute atomic E-state index is 11.1. The number of hydrogen-bond acceptors (Lipinski definition) is 2. The van der Waals surface area contributed by atoms with Crippen LogP contribution in [0.15, 0.2) is 30.5 Å². The average Bonchev–Trinajstić information content (AvgIpc) is 2.63. The number of aldehydes is 1. The lowest BCUT2D eigenvalue weighted by atomic mass is 10.1. The molecule has 2 rings (SSSR count). The van der Waals surface area contributed by atoms with Crippen LogP contribution in [0.3, 0.4) is 0 Å². The SMILES string of the molecule is O=CC(=O)c1cccc2[nH]ccc12. The minimum absolute atomic E-state index is 0.335. The molecule has 1 aromatic heterocycles. The first-order chi connectivity index (χ1) is 6.33. The number of benzene rings is 1. The Kier molecular flexibility index (Phi) is 1.70. The van der Waals surface area contributed by atoms with Crippen LogP contribution in [-0.4, -0.2) is 17.1 Å². The standard InChI is InChI=1S/C10H7NO2/c12-6-10(13)8-2-1-3-9-7(8)4-5-11-9/h1-6,11H. The molecular weight excluding hydrogens is 166 g/mol. The van der Waals surface area contributed by atoms with Crippen LogP contribution in [-0.2, 0) is 4.79 Å². The molecule has 2 aromatic rings. The summed E-state index contributed by atoms with van der Waals surface area (Å²) in [5, 5.41) is 0.791. The quantitative estimate of drug-likeness (QED) is 0.425. The predicted molar refractivity (Wildman–Crippen MR) is 48.7 cm³/mol. The molecule has 1 N–H and O–H groups in total. The molecule has 1 aromatic carbocycles. The number of H-pyrrole nitrogens is 1. The molecule has 0 atom stereocenters. The zero-order valence-electron chi connectivity index (χ0n) is 6.78. The third-order valence-electron chi connectivity index (χ3n) is 1.97. The second-order valence-corrected chi connectivity index (χ2v) is 2.73. The van der Waals surface area contributed by atoms with Gasteiger partial charge in [0.25, 0.3) is 0 Å². The van der Waals surface area contributed by atoms with Crippen LogP contribution in [0.2, 0.25) is 0 Å². The molecule has 3 nitrogen and oxygen atoms in total. The van der Waals surface area contributed by atoms with E-state index in [1.807, 2.05) is 6.07 Å². The Labute approximate surface area is 74.4 Å². The summed E-state index contributed by atoms with van der Waals surface area (Å²) in [6, 6.07) is 7.03. The molecule has 3 heteroatoms. The molecule has 13 heavy (non-hydrogen) atoms. The summed E-state index contributed by atoms with van der Waals surface area (Å²) in [6.07, 6.45) is 2.08. The van der Waals surface area contributed by atoms with Crippen molar-refractivity contribution in [1.82, 2.24) is 4.98 Å². The molecule has 0 radical (unpaired) electrons. The molecule has 0 amide bonds. The Morgan fingerprint density at radius 3 is 2.92 bits per heavy atom. The third-order valence-corrected chi connectivity index (χ3v) is 1.97. The van der Waals surface area contributed by atoms with E-state index < -0.39 is 5.78 Å². The largest absolute Gasteiger partial charge is 0.361 e. The Bertz CT molecular complexity index is 470. The molecule has 0 aliphatic carbocycles. The Hall–Kier alpha value is -1.90. The Morgan fingerprint density at radius 2 is 2.15 bits per heavy atom. The van der Waals surface area contributed by atoms with Gasteiger partial charge < -0.3 is 4.98 Å². The minimum atomic E-state index is -0.481. The van der Waals surface area contributed by atoms with Gasteiger partial charge in [-0.25, -0.2) is 0 Å². The van der Waals surface area contributed by atoms with E-state index >= 15 is 0 Å². The Balaban J connectivity index is 2.74. The van der Waals surface area contributed by atoms with Crippen molar-refractivity contribution in [3.8, 4) is 0 Å². The molecule has 0 fully saturated rings. The lowest BCUT2D eigenvalue weighted by molar-refractivity contribution is -0.104. The third kappa shape index (κ3) is 1.14. The van der Waals surface area contributed by atoms with Crippen LogP contribution >= 0.6 is 0 Å².